The Balaban J connectivity index is 2.93. The zero-order valence-electron chi connectivity index (χ0n) is 10.3. The third-order valence-corrected chi connectivity index (χ3v) is 2.31. The lowest BCUT2D eigenvalue weighted by atomic mass is 10.1. The van der Waals surface area contributed by atoms with E-state index in [-0.39, 0.29) is 11.4 Å². The van der Waals surface area contributed by atoms with Crippen molar-refractivity contribution in [2.75, 3.05) is 7.11 Å². The number of aliphatic carboxylic acids is 1. The molecule has 0 fully saturated rings. The largest absolute Gasteiger partial charge is 0.481 e. The third-order valence-electron chi connectivity index (χ3n) is 2.31. The van der Waals surface area contributed by atoms with Crippen molar-refractivity contribution in [1.82, 2.24) is 10.3 Å². The molecule has 20 heavy (non-hydrogen) atoms. The number of carbonyl (C=O) groups is 2. The number of ether oxygens (including phenoxy) is 1. The molecule has 0 aliphatic carbocycles. The zero-order chi connectivity index (χ0) is 15.3. The molecule has 0 radical (unpaired) electrons. The highest BCUT2D eigenvalue weighted by Crippen LogP contribution is 2.21. The number of pyridine rings is 1. The molecule has 2 N–H and O–H groups in total. The summed E-state index contributed by atoms with van der Waals surface area (Å²) in [5.74, 6) is -3.35. The molecular formula is C11H11F3N2O4. The van der Waals surface area contributed by atoms with Crippen LogP contribution in [0.15, 0.2) is 18.3 Å². The van der Waals surface area contributed by atoms with Crippen LogP contribution < -0.4 is 10.1 Å². The van der Waals surface area contributed by atoms with Gasteiger partial charge in [0.2, 0.25) is 5.88 Å². The van der Waals surface area contributed by atoms with Gasteiger partial charge in [0.15, 0.2) is 0 Å². The van der Waals surface area contributed by atoms with Crippen molar-refractivity contribution in [3.05, 3.63) is 23.9 Å². The molecule has 6 nitrogen and oxygen atoms in total. The van der Waals surface area contributed by atoms with Crippen molar-refractivity contribution in [3.8, 4) is 5.88 Å². The average Bonchev–Trinajstić information content (AvgIpc) is 2.36. The molecule has 0 saturated heterocycles. The Hall–Kier alpha value is -2.32. The Bertz CT molecular complexity index is 487. The summed E-state index contributed by atoms with van der Waals surface area (Å²) in [4.78, 5) is 25.3. The molecule has 0 aromatic carbocycles. The van der Waals surface area contributed by atoms with Gasteiger partial charge in [-0.1, -0.05) is 6.07 Å². The van der Waals surface area contributed by atoms with Gasteiger partial charge in [0.25, 0.3) is 0 Å². The van der Waals surface area contributed by atoms with Gasteiger partial charge in [-0.3, -0.25) is 9.59 Å². The molecule has 0 saturated carbocycles. The van der Waals surface area contributed by atoms with Crippen molar-refractivity contribution >= 4 is 11.9 Å². The second kappa shape index (κ2) is 6.22. The summed E-state index contributed by atoms with van der Waals surface area (Å²) in [6, 6.07) is 1.35. The van der Waals surface area contributed by atoms with E-state index >= 15 is 0 Å². The first-order valence-electron chi connectivity index (χ1n) is 5.33. The van der Waals surface area contributed by atoms with Gasteiger partial charge in [-0.25, -0.2) is 4.98 Å². The summed E-state index contributed by atoms with van der Waals surface area (Å²) in [6.45, 7) is 0. The first-order valence-corrected chi connectivity index (χ1v) is 5.33. The first kappa shape index (κ1) is 15.7. The molecule has 1 aromatic rings. The molecule has 1 unspecified atom stereocenters. The van der Waals surface area contributed by atoms with E-state index in [0.717, 1.165) is 6.20 Å². The van der Waals surface area contributed by atoms with Gasteiger partial charge in [-0.05, 0) is 5.56 Å². The zero-order valence-corrected chi connectivity index (χ0v) is 10.3. The Kier molecular flexibility index (Phi) is 4.89. The number of alkyl halides is 3. The minimum atomic E-state index is -5.09. The molecule has 110 valence electrons. The maximum absolute atomic E-state index is 12.2. The van der Waals surface area contributed by atoms with E-state index in [9.17, 15) is 22.8 Å². The van der Waals surface area contributed by atoms with Gasteiger partial charge in [-0.2, -0.15) is 13.2 Å². The van der Waals surface area contributed by atoms with Crippen LogP contribution in [-0.4, -0.2) is 35.3 Å². The molecule has 0 aliphatic rings. The summed E-state index contributed by atoms with van der Waals surface area (Å²) in [6.07, 6.45) is -4.64. The number of nitrogens with zero attached hydrogens (tertiary/aromatic N) is 1. The number of hydrogen-bond donors (Lipinski definition) is 2. The van der Waals surface area contributed by atoms with Gasteiger partial charge in [0.1, 0.15) is 0 Å². The lowest BCUT2D eigenvalue weighted by Gasteiger charge is -2.18. The fraction of sp³-hybridized carbons (Fsp3) is 0.364. The molecule has 1 atom stereocenters. The Labute approximate surface area is 111 Å². The van der Waals surface area contributed by atoms with Crippen LogP contribution in [-0.2, 0) is 9.59 Å². The summed E-state index contributed by atoms with van der Waals surface area (Å²) in [7, 11) is 1.35. The maximum Gasteiger partial charge on any atom is 0.471 e. The molecule has 0 spiro atoms. The van der Waals surface area contributed by atoms with Crippen LogP contribution in [0.4, 0.5) is 13.2 Å². The summed E-state index contributed by atoms with van der Waals surface area (Å²) in [5, 5.41) is 10.3. The standard InChI is InChI=1S/C11H11F3N2O4/c1-20-8-3-2-6(5-15-8)7(4-9(17)18)16-10(19)11(12,13)14/h2-3,5,7H,4H2,1H3,(H,16,19)(H,17,18). The van der Waals surface area contributed by atoms with E-state index in [2.05, 4.69) is 4.98 Å². The quantitative estimate of drug-likeness (QED) is 0.853. The molecule has 9 heteroatoms. The number of hydrogen-bond acceptors (Lipinski definition) is 4. The lowest BCUT2D eigenvalue weighted by Crippen LogP contribution is -2.39. The van der Waals surface area contributed by atoms with Crippen molar-refractivity contribution in [1.29, 1.82) is 0 Å². The Morgan fingerprint density at radius 3 is 2.50 bits per heavy atom. The molecule has 1 aromatic heterocycles. The fourth-order valence-electron chi connectivity index (χ4n) is 1.39. The van der Waals surface area contributed by atoms with Crippen LogP contribution in [0.1, 0.15) is 18.0 Å². The number of amides is 1. The van der Waals surface area contributed by atoms with E-state index in [0.29, 0.717) is 0 Å². The van der Waals surface area contributed by atoms with Crippen molar-refractivity contribution < 1.29 is 32.6 Å². The van der Waals surface area contributed by atoms with Crippen LogP contribution >= 0.6 is 0 Å². The molecule has 1 rings (SSSR count). The Morgan fingerprint density at radius 2 is 2.10 bits per heavy atom. The predicted molar refractivity (Wildman–Crippen MR) is 60.0 cm³/mol. The summed E-state index contributed by atoms with van der Waals surface area (Å²) in [5.41, 5.74) is 0.130. The molecule has 1 amide bonds. The second-order valence-electron chi connectivity index (χ2n) is 3.76. The van der Waals surface area contributed by atoms with E-state index in [1.54, 1.807) is 5.32 Å². The number of rotatable bonds is 5. The van der Waals surface area contributed by atoms with E-state index < -0.39 is 30.5 Å². The van der Waals surface area contributed by atoms with Crippen LogP contribution in [0.2, 0.25) is 0 Å². The average molecular weight is 292 g/mol. The summed E-state index contributed by atoms with van der Waals surface area (Å²) >= 11 is 0. The number of carboxylic acids is 1. The normalized spacial score (nSPS) is 12.6. The topological polar surface area (TPSA) is 88.5 Å². The van der Waals surface area contributed by atoms with Crippen LogP contribution in [0.3, 0.4) is 0 Å². The minimum Gasteiger partial charge on any atom is -0.481 e. The van der Waals surface area contributed by atoms with Gasteiger partial charge < -0.3 is 15.2 Å². The second-order valence-corrected chi connectivity index (χ2v) is 3.76. The fourth-order valence-corrected chi connectivity index (χ4v) is 1.39. The number of methoxy groups -OCH3 is 1. The van der Waals surface area contributed by atoms with E-state index in [4.69, 9.17) is 9.84 Å². The van der Waals surface area contributed by atoms with Crippen LogP contribution in [0.25, 0.3) is 0 Å². The monoisotopic (exact) mass is 292 g/mol. The smallest absolute Gasteiger partial charge is 0.471 e. The molecule has 0 bridgehead atoms. The van der Waals surface area contributed by atoms with Gasteiger partial charge in [0, 0.05) is 12.3 Å². The first-order chi connectivity index (χ1) is 9.24. The van der Waals surface area contributed by atoms with E-state index in [1.807, 2.05) is 0 Å². The summed E-state index contributed by atoms with van der Waals surface area (Å²) < 4.78 is 41.3. The van der Waals surface area contributed by atoms with Gasteiger partial charge >= 0.3 is 18.1 Å². The number of halogens is 3. The predicted octanol–water partition coefficient (Wildman–Crippen LogP) is 1.28. The van der Waals surface area contributed by atoms with Gasteiger partial charge in [0.05, 0.1) is 19.6 Å². The third kappa shape index (κ3) is 4.41. The Morgan fingerprint density at radius 1 is 1.45 bits per heavy atom. The SMILES string of the molecule is COc1ccc(C(CC(=O)O)NC(=O)C(F)(F)F)cn1. The number of aromatic nitrogens is 1. The number of carbonyl (C=O) groups excluding carboxylic acids is 1. The van der Waals surface area contributed by atoms with Crippen molar-refractivity contribution in [2.45, 2.75) is 18.6 Å². The molecule has 1 heterocycles. The van der Waals surface area contributed by atoms with Crippen LogP contribution in [0, 0.1) is 0 Å². The molecule has 0 aliphatic heterocycles. The lowest BCUT2D eigenvalue weighted by molar-refractivity contribution is -0.174. The number of carboxylic acid groups (broad SMARTS) is 1. The molecular weight excluding hydrogens is 281 g/mol. The maximum atomic E-state index is 12.2. The number of nitrogens with one attached hydrogen (secondary N) is 1. The van der Waals surface area contributed by atoms with Crippen LogP contribution in [0.5, 0.6) is 5.88 Å². The highest BCUT2D eigenvalue weighted by molar-refractivity contribution is 5.82. The van der Waals surface area contributed by atoms with Crippen molar-refractivity contribution in [2.24, 2.45) is 0 Å². The van der Waals surface area contributed by atoms with E-state index in [1.165, 1.54) is 19.2 Å². The van der Waals surface area contributed by atoms with Gasteiger partial charge in [-0.15, -0.1) is 0 Å². The van der Waals surface area contributed by atoms with Crippen molar-refractivity contribution in [3.63, 3.8) is 0 Å². The minimum absolute atomic E-state index is 0.130. The highest BCUT2D eigenvalue weighted by Gasteiger charge is 2.40. The highest BCUT2D eigenvalue weighted by atomic mass is 19.4.